The Hall–Kier alpha value is 0.270. The first-order chi connectivity index (χ1) is 4.30. The van der Waals surface area contributed by atoms with Crippen LogP contribution in [-0.4, -0.2) is 48.7 Å². The van der Waals surface area contributed by atoms with Gasteiger partial charge in [0, 0.05) is 38.7 Å². The normalized spacial score (nSPS) is 23.0. The van der Waals surface area contributed by atoms with E-state index in [1.165, 1.54) is 24.6 Å². The molecule has 0 radical (unpaired) electrons. The SMILES string of the molecule is CN(C)N1CCSCC1. The van der Waals surface area contributed by atoms with Crippen molar-refractivity contribution in [2.45, 2.75) is 0 Å². The molecule has 0 saturated carbocycles. The summed E-state index contributed by atoms with van der Waals surface area (Å²) in [6, 6.07) is 0. The lowest BCUT2D eigenvalue weighted by Crippen LogP contribution is -2.42. The maximum atomic E-state index is 2.37. The van der Waals surface area contributed by atoms with Crippen molar-refractivity contribution in [3.05, 3.63) is 0 Å². The molecule has 0 aromatic carbocycles. The number of rotatable bonds is 1. The van der Waals surface area contributed by atoms with Gasteiger partial charge in [0.05, 0.1) is 0 Å². The third kappa shape index (κ3) is 2.16. The molecule has 0 aromatic heterocycles. The Morgan fingerprint density at radius 1 is 1.22 bits per heavy atom. The predicted molar refractivity (Wildman–Crippen MR) is 42.6 cm³/mol. The summed E-state index contributed by atoms with van der Waals surface area (Å²) in [6.07, 6.45) is 0. The number of thioether (sulfide) groups is 1. The Morgan fingerprint density at radius 3 is 2.11 bits per heavy atom. The van der Waals surface area contributed by atoms with Crippen LogP contribution in [0.3, 0.4) is 0 Å². The van der Waals surface area contributed by atoms with E-state index < -0.39 is 0 Å². The van der Waals surface area contributed by atoms with Crippen molar-refractivity contribution < 1.29 is 0 Å². The maximum absolute atomic E-state index is 2.37. The molecule has 0 bridgehead atoms. The van der Waals surface area contributed by atoms with Gasteiger partial charge in [-0.15, -0.1) is 0 Å². The van der Waals surface area contributed by atoms with Gasteiger partial charge in [0.15, 0.2) is 0 Å². The summed E-state index contributed by atoms with van der Waals surface area (Å²) >= 11 is 2.05. The van der Waals surface area contributed by atoms with Gasteiger partial charge in [-0.1, -0.05) is 0 Å². The number of hydrazine groups is 1. The first-order valence-corrected chi connectivity index (χ1v) is 4.46. The van der Waals surface area contributed by atoms with Gasteiger partial charge in [-0.3, -0.25) is 0 Å². The first-order valence-electron chi connectivity index (χ1n) is 3.30. The van der Waals surface area contributed by atoms with E-state index in [1.807, 2.05) is 11.8 Å². The standard InChI is InChI=1S/C6H14N2S/c1-7(2)8-3-5-9-6-4-8/h3-6H2,1-2H3. The molecule has 3 heteroatoms. The van der Waals surface area contributed by atoms with Crippen LogP contribution in [0.5, 0.6) is 0 Å². The molecule has 1 fully saturated rings. The largest absolute Gasteiger partial charge is 0.248 e. The molecular weight excluding hydrogens is 132 g/mol. The monoisotopic (exact) mass is 146 g/mol. The molecule has 54 valence electrons. The molecule has 1 rings (SSSR count). The van der Waals surface area contributed by atoms with Gasteiger partial charge in [0.1, 0.15) is 0 Å². The number of hydrogen-bond acceptors (Lipinski definition) is 3. The summed E-state index contributed by atoms with van der Waals surface area (Å²) in [5.74, 6) is 2.58. The van der Waals surface area contributed by atoms with E-state index in [9.17, 15) is 0 Å². The molecule has 0 amide bonds. The summed E-state index contributed by atoms with van der Waals surface area (Å²) in [5, 5.41) is 4.55. The van der Waals surface area contributed by atoms with E-state index in [2.05, 4.69) is 24.1 Å². The Bertz CT molecular complexity index is 79.1. The van der Waals surface area contributed by atoms with Gasteiger partial charge in [-0.05, 0) is 0 Å². The van der Waals surface area contributed by atoms with E-state index in [1.54, 1.807) is 0 Å². The highest BCUT2D eigenvalue weighted by atomic mass is 32.2. The highest BCUT2D eigenvalue weighted by molar-refractivity contribution is 7.99. The Labute approximate surface area is 61.2 Å². The highest BCUT2D eigenvalue weighted by Crippen LogP contribution is 2.08. The van der Waals surface area contributed by atoms with Gasteiger partial charge in [-0.2, -0.15) is 11.8 Å². The second-order valence-electron chi connectivity index (χ2n) is 2.41. The van der Waals surface area contributed by atoms with Crippen LogP contribution in [0.25, 0.3) is 0 Å². The van der Waals surface area contributed by atoms with Crippen LogP contribution in [0.2, 0.25) is 0 Å². The molecule has 0 aromatic rings. The molecule has 0 atom stereocenters. The van der Waals surface area contributed by atoms with E-state index in [-0.39, 0.29) is 0 Å². The molecule has 2 nitrogen and oxygen atoms in total. The molecule has 1 heterocycles. The molecule has 1 aliphatic heterocycles. The van der Waals surface area contributed by atoms with Crippen molar-refractivity contribution in [2.75, 3.05) is 38.7 Å². The summed E-state index contributed by atoms with van der Waals surface area (Å²) in [4.78, 5) is 0. The summed E-state index contributed by atoms with van der Waals surface area (Å²) in [5.41, 5.74) is 0. The molecule has 9 heavy (non-hydrogen) atoms. The van der Waals surface area contributed by atoms with Gasteiger partial charge in [-0.25, -0.2) is 10.0 Å². The lowest BCUT2D eigenvalue weighted by atomic mass is 10.6. The van der Waals surface area contributed by atoms with Crippen molar-refractivity contribution in [1.82, 2.24) is 10.0 Å². The quantitative estimate of drug-likeness (QED) is 0.532. The van der Waals surface area contributed by atoms with Crippen LogP contribution in [0.1, 0.15) is 0 Å². The van der Waals surface area contributed by atoms with E-state index in [4.69, 9.17) is 0 Å². The lowest BCUT2D eigenvalue weighted by molar-refractivity contribution is 0.0369. The first kappa shape index (κ1) is 7.38. The van der Waals surface area contributed by atoms with Gasteiger partial charge in [0.25, 0.3) is 0 Å². The average molecular weight is 146 g/mol. The van der Waals surface area contributed by atoms with Gasteiger partial charge < -0.3 is 0 Å². The third-order valence-corrected chi connectivity index (χ3v) is 2.50. The lowest BCUT2D eigenvalue weighted by Gasteiger charge is -2.31. The smallest absolute Gasteiger partial charge is 0.0224 e. The van der Waals surface area contributed by atoms with Crippen LogP contribution in [-0.2, 0) is 0 Å². The molecule has 1 saturated heterocycles. The maximum Gasteiger partial charge on any atom is 0.0224 e. The van der Waals surface area contributed by atoms with Crippen molar-refractivity contribution in [1.29, 1.82) is 0 Å². The highest BCUT2D eigenvalue weighted by Gasteiger charge is 2.10. The Balaban J connectivity index is 2.23. The third-order valence-electron chi connectivity index (χ3n) is 1.55. The van der Waals surface area contributed by atoms with Crippen molar-refractivity contribution in [3.8, 4) is 0 Å². The zero-order chi connectivity index (χ0) is 6.69. The second-order valence-corrected chi connectivity index (χ2v) is 3.64. The average Bonchev–Trinajstić information content (AvgIpc) is 1.90. The Kier molecular flexibility index (Phi) is 2.82. The summed E-state index contributed by atoms with van der Waals surface area (Å²) in [7, 11) is 4.21. The van der Waals surface area contributed by atoms with Crippen molar-refractivity contribution in [2.24, 2.45) is 0 Å². The van der Waals surface area contributed by atoms with E-state index in [0.29, 0.717) is 0 Å². The molecule has 0 N–H and O–H groups in total. The van der Waals surface area contributed by atoms with Crippen LogP contribution < -0.4 is 0 Å². The number of hydrogen-bond donors (Lipinski definition) is 0. The van der Waals surface area contributed by atoms with Gasteiger partial charge >= 0.3 is 0 Å². The van der Waals surface area contributed by atoms with Gasteiger partial charge in [0.2, 0.25) is 0 Å². The Morgan fingerprint density at radius 2 is 1.78 bits per heavy atom. The minimum Gasteiger partial charge on any atom is -0.248 e. The van der Waals surface area contributed by atoms with Crippen molar-refractivity contribution >= 4 is 11.8 Å². The van der Waals surface area contributed by atoms with Crippen LogP contribution >= 0.6 is 11.8 Å². The van der Waals surface area contributed by atoms with Crippen LogP contribution in [0.15, 0.2) is 0 Å². The van der Waals surface area contributed by atoms with Crippen LogP contribution in [0, 0.1) is 0 Å². The van der Waals surface area contributed by atoms with E-state index >= 15 is 0 Å². The second kappa shape index (κ2) is 3.44. The topological polar surface area (TPSA) is 6.48 Å². The fraction of sp³-hybridized carbons (Fsp3) is 1.00. The fourth-order valence-electron chi connectivity index (χ4n) is 0.954. The molecule has 1 aliphatic rings. The molecule has 0 spiro atoms. The minimum absolute atomic E-state index is 1.22. The molecule has 0 unspecified atom stereocenters. The fourth-order valence-corrected chi connectivity index (χ4v) is 1.84. The summed E-state index contributed by atoms with van der Waals surface area (Å²) in [6.45, 7) is 2.44. The van der Waals surface area contributed by atoms with Crippen LogP contribution in [0.4, 0.5) is 0 Å². The molecule has 0 aliphatic carbocycles. The molecular formula is C6H14N2S. The zero-order valence-electron chi connectivity index (χ0n) is 6.13. The predicted octanol–water partition coefficient (Wildman–Crippen LogP) is 0.512. The minimum atomic E-state index is 1.22. The van der Waals surface area contributed by atoms with Crippen molar-refractivity contribution in [3.63, 3.8) is 0 Å². The number of nitrogens with zero attached hydrogens (tertiary/aromatic N) is 2. The summed E-state index contributed by atoms with van der Waals surface area (Å²) < 4.78 is 0. The van der Waals surface area contributed by atoms with E-state index in [0.717, 1.165) is 0 Å². The zero-order valence-corrected chi connectivity index (χ0v) is 6.95.